The van der Waals surface area contributed by atoms with Gasteiger partial charge in [0.05, 0.1) is 30.5 Å². The smallest absolute Gasteiger partial charge is 0.235 e. The molecular weight excluding hydrogens is 427 g/mol. The van der Waals surface area contributed by atoms with Crippen molar-refractivity contribution in [1.29, 1.82) is 0 Å². The Bertz CT molecular complexity index is 1090. The molecule has 0 radical (unpaired) electrons. The van der Waals surface area contributed by atoms with Crippen LogP contribution in [0, 0.1) is 5.82 Å². The molecule has 168 valence electrons. The van der Waals surface area contributed by atoms with Crippen molar-refractivity contribution < 1.29 is 13.9 Å². The first-order valence-electron chi connectivity index (χ1n) is 10.7. The fourth-order valence-electron chi connectivity index (χ4n) is 3.73. The number of carbonyl (C=O) groups is 1. The number of para-hydroxylation sites is 1. The predicted molar refractivity (Wildman–Crippen MR) is 124 cm³/mol. The van der Waals surface area contributed by atoms with E-state index in [1.165, 1.54) is 23.9 Å². The number of amides is 1. The normalized spacial score (nSPS) is 15.6. The van der Waals surface area contributed by atoms with E-state index >= 15 is 0 Å². The summed E-state index contributed by atoms with van der Waals surface area (Å²) in [7, 11) is 1.74. The fraction of sp³-hybridized carbons (Fsp3) is 0.375. The lowest BCUT2D eigenvalue weighted by molar-refractivity contribution is -0.129. The van der Waals surface area contributed by atoms with Crippen molar-refractivity contribution in [1.82, 2.24) is 19.8 Å². The molecule has 4 rings (SSSR count). The van der Waals surface area contributed by atoms with Crippen molar-refractivity contribution in [2.24, 2.45) is 0 Å². The molecule has 1 amide bonds. The maximum absolute atomic E-state index is 13.5. The number of morpholine rings is 1. The molecular formula is C24H27FN4O2S. The number of nitrogens with zero attached hydrogens (tertiary/aromatic N) is 4. The van der Waals surface area contributed by atoms with Crippen LogP contribution in [0.15, 0.2) is 53.6 Å². The molecule has 1 aromatic heterocycles. The molecule has 6 nitrogen and oxygen atoms in total. The van der Waals surface area contributed by atoms with Gasteiger partial charge >= 0.3 is 0 Å². The molecule has 32 heavy (non-hydrogen) atoms. The fourth-order valence-corrected chi connectivity index (χ4v) is 4.80. The summed E-state index contributed by atoms with van der Waals surface area (Å²) in [5.41, 5.74) is 1.64. The average molecular weight is 455 g/mol. The van der Waals surface area contributed by atoms with E-state index in [1.807, 2.05) is 37.3 Å². The summed E-state index contributed by atoms with van der Waals surface area (Å²) >= 11 is 1.44. The maximum atomic E-state index is 13.5. The molecule has 2 heterocycles. The van der Waals surface area contributed by atoms with Crippen molar-refractivity contribution in [2.45, 2.75) is 30.3 Å². The number of carbonyl (C=O) groups excluding carboxylic acids is 1. The second-order valence-electron chi connectivity index (χ2n) is 7.93. The van der Waals surface area contributed by atoms with Crippen molar-refractivity contribution in [3.63, 3.8) is 0 Å². The lowest BCUT2D eigenvalue weighted by atomic mass is 10.2. The van der Waals surface area contributed by atoms with Crippen LogP contribution in [0.3, 0.4) is 0 Å². The number of thioether (sulfide) groups is 1. The van der Waals surface area contributed by atoms with E-state index in [0.29, 0.717) is 13.1 Å². The average Bonchev–Trinajstić information content (AvgIpc) is 2.79. The summed E-state index contributed by atoms with van der Waals surface area (Å²) in [6.07, 6.45) is 0. The van der Waals surface area contributed by atoms with Gasteiger partial charge in [0.1, 0.15) is 16.7 Å². The third-order valence-electron chi connectivity index (χ3n) is 5.40. The third-order valence-corrected chi connectivity index (χ3v) is 6.49. The highest BCUT2D eigenvalue weighted by atomic mass is 32.2. The van der Waals surface area contributed by atoms with Crippen LogP contribution in [-0.2, 0) is 22.6 Å². The quantitative estimate of drug-likeness (QED) is 0.400. The number of rotatable bonds is 7. The molecule has 0 N–H and O–H groups in total. The Kier molecular flexibility index (Phi) is 7.34. The minimum absolute atomic E-state index is 0.0308. The van der Waals surface area contributed by atoms with Crippen molar-refractivity contribution in [2.75, 3.05) is 33.4 Å². The highest BCUT2D eigenvalue weighted by Crippen LogP contribution is 2.30. The molecule has 1 aliphatic heterocycles. The molecule has 0 aliphatic carbocycles. The summed E-state index contributed by atoms with van der Waals surface area (Å²) < 4.78 is 18.9. The number of halogens is 1. The first-order valence-corrected chi connectivity index (χ1v) is 11.6. The van der Waals surface area contributed by atoms with Gasteiger partial charge in [0.25, 0.3) is 0 Å². The number of benzene rings is 2. The zero-order valence-electron chi connectivity index (χ0n) is 18.3. The van der Waals surface area contributed by atoms with Crippen LogP contribution in [0.1, 0.15) is 18.3 Å². The van der Waals surface area contributed by atoms with E-state index in [4.69, 9.17) is 14.7 Å². The summed E-state index contributed by atoms with van der Waals surface area (Å²) in [6.45, 7) is 6.05. The van der Waals surface area contributed by atoms with E-state index in [0.717, 1.165) is 53.6 Å². The minimum atomic E-state index is -0.344. The lowest BCUT2D eigenvalue weighted by Crippen LogP contribution is -2.36. The summed E-state index contributed by atoms with van der Waals surface area (Å²) in [5, 5.41) is 1.40. The summed E-state index contributed by atoms with van der Waals surface area (Å²) in [6, 6.07) is 14.2. The van der Waals surface area contributed by atoms with Crippen LogP contribution < -0.4 is 0 Å². The molecule has 2 aromatic carbocycles. The largest absolute Gasteiger partial charge is 0.379 e. The maximum Gasteiger partial charge on any atom is 0.235 e. The van der Waals surface area contributed by atoms with Crippen LogP contribution in [0.25, 0.3) is 10.9 Å². The molecule has 0 saturated carbocycles. The van der Waals surface area contributed by atoms with E-state index in [9.17, 15) is 9.18 Å². The highest BCUT2D eigenvalue weighted by molar-refractivity contribution is 8.00. The Morgan fingerprint density at radius 1 is 1.19 bits per heavy atom. The second kappa shape index (κ2) is 10.4. The number of aromatic nitrogens is 2. The topological polar surface area (TPSA) is 58.6 Å². The van der Waals surface area contributed by atoms with Crippen LogP contribution in [0.5, 0.6) is 0 Å². The van der Waals surface area contributed by atoms with Gasteiger partial charge in [0.15, 0.2) is 0 Å². The van der Waals surface area contributed by atoms with Gasteiger partial charge in [-0.2, -0.15) is 0 Å². The van der Waals surface area contributed by atoms with Crippen LogP contribution in [-0.4, -0.2) is 64.3 Å². The molecule has 1 saturated heterocycles. The minimum Gasteiger partial charge on any atom is -0.379 e. The zero-order valence-corrected chi connectivity index (χ0v) is 19.1. The van der Waals surface area contributed by atoms with E-state index in [-0.39, 0.29) is 17.0 Å². The van der Waals surface area contributed by atoms with Gasteiger partial charge in [-0.15, -0.1) is 0 Å². The third kappa shape index (κ3) is 5.62. The Balaban J connectivity index is 1.50. The zero-order chi connectivity index (χ0) is 22.5. The molecule has 0 bridgehead atoms. The van der Waals surface area contributed by atoms with E-state index in [1.54, 1.807) is 18.0 Å². The molecule has 3 aromatic rings. The number of ether oxygens (including phenoxy) is 1. The Hall–Kier alpha value is -2.55. The van der Waals surface area contributed by atoms with Crippen molar-refractivity contribution in [3.05, 3.63) is 65.7 Å². The number of fused-ring (bicyclic) bond motifs is 1. The lowest BCUT2D eigenvalue weighted by Gasteiger charge is -2.26. The predicted octanol–water partition coefficient (Wildman–Crippen LogP) is 3.74. The molecule has 1 fully saturated rings. The van der Waals surface area contributed by atoms with Gasteiger partial charge in [0, 0.05) is 32.1 Å². The van der Waals surface area contributed by atoms with Crippen LogP contribution in [0.2, 0.25) is 0 Å². The van der Waals surface area contributed by atoms with Crippen molar-refractivity contribution >= 4 is 28.6 Å². The Labute approximate surface area is 191 Å². The molecule has 1 atom stereocenters. The Morgan fingerprint density at radius 2 is 1.97 bits per heavy atom. The number of hydrogen-bond acceptors (Lipinski definition) is 6. The van der Waals surface area contributed by atoms with Gasteiger partial charge in [-0.25, -0.2) is 14.4 Å². The summed E-state index contributed by atoms with van der Waals surface area (Å²) in [4.78, 5) is 26.5. The van der Waals surface area contributed by atoms with Crippen molar-refractivity contribution in [3.8, 4) is 0 Å². The molecule has 0 spiro atoms. The van der Waals surface area contributed by atoms with Gasteiger partial charge in [-0.1, -0.05) is 42.1 Å². The van der Waals surface area contributed by atoms with E-state index in [2.05, 4.69) is 4.90 Å². The Morgan fingerprint density at radius 3 is 2.75 bits per heavy atom. The standard InChI is InChI=1S/C24H27FN4O2S/c1-17(24(30)28(2)15-18-6-5-7-19(25)14-18)32-23-20-8-3-4-9-21(20)26-22(27-23)16-29-10-12-31-13-11-29/h3-9,14,17H,10-13,15-16H2,1-2H3. The molecule has 8 heteroatoms. The molecule has 1 aliphatic rings. The SMILES string of the molecule is CC(Sc1nc(CN2CCOCC2)nc2ccccc12)C(=O)N(C)Cc1cccc(F)c1. The first-order chi connectivity index (χ1) is 15.5. The highest BCUT2D eigenvalue weighted by Gasteiger charge is 2.22. The van der Waals surface area contributed by atoms with Crippen LogP contribution in [0.4, 0.5) is 4.39 Å². The first kappa shape index (κ1) is 22.6. The van der Waals surface area contributed by atoms with Gasteiger partial charge in [0.2, 0.25) is 5.91 Å². The monoisotopic (exact) mass is 454 g/mol. The van der Waals surface area contributed by atoms with Gasteiger partial charge in [-0.3, -0.25) is 9.69 Å². The van der Waals surface area contributed by atoms with E-state index < -0.39 is 0 Å². The summed E-state index contributed by atoms with van der Waals surface area (Å²) in [5.74, 6) is 0.420. The van der Waals surface area contributed by atoms with Gasteiger partial charge in [-0.05, 0) is 30.7 Å². The molecule has 1 unspecified atom stereocenters. The number of hydrogen-bond donors (Lipinski definition) is 0. The van der Waals surface area contributed by atoms with Gasteiger partial charge < -0.3 is 9.64 Å². The van der Waals surface area contributed by atoms with Crippen LogP contribution >= 0.6 is 11.8 Å². The second-order valence-corrected chi connectivity index (χ2v) is 9.26.